The van der Waals surface area contributed by atoms with E-state index in [1.807, 2.05) is 6.92 Å². The van der Waals surface area contributed by atoms with Gasteiger partial charge < -0.3 is 9.26 Å². The fourth-order valence-electron chi connectivity index (χ4n) is 2.97. The molecule has 3 heterocycles. The minimum Gasteiger partial charge on any atom is -0.381 e. The molecule has 0 radical (unpaired) electrons. The Labute approximate surface area is 101 Å². The zero-order chi connectivity index (χ0) is 11.7. The van der Waals surface area contributed by atoms with Crippen LogP contribution in [0.2, 0.25) is 0 Å². The summed E-state index contributed by atoms with van der Waals surface area (Å²) in [5.74, 6) is 1.53. The molecule has 0 saturated carbocycles. The van der Waals surface area contributed by atoms with Gasteiger partial charge >= 0.3 is 0 Å². The Morgan fingerprint density at radius 3 is 2.76 bits per heavy atom. The van der Waals surface area contributed by atoms with Crippen LogP contribution in [0.15, 0.2) is 4.52 Å². The molecule has 1 atom stereocenters. The highest BCUT2D eigenvalue weighted by atomic mass is 16.5. The van der Waals surface area contributed by atoms with Crippen LogP contribution in [0, 0.1) is 6.92 Å². The zero-order valence-electron chi connectivity index (χ0n) is 10.3. The second-order valence-corrected chi connectivity index (χ2v) is 4.91. The standard InChI is InChI=1S/C12H19N3O2/c1-9-13-12(14-17-9)11-3-2-6-15(11)10-4-7-16-8-5-10/h10-11H,2-8H2,1H3/t11-/m1/s1. The van der Waals surface area contributed by atoms with Crippen LogP contribution in [0.25, 0.3) is 0 Å². The molecular formula is C12H19N3O2. The Morgan fingerprint density at radius 2 is 2.06 bits per heavy atom. The Hall–Kier alpha value is -0.940. The number of hydrogen-bond donors (Lipinski definition) is 0. The van der Waals surface area contributed by atoms with Crippen molar-refractivity contribution < 1.29 is 9.26 Å². The molecule has 17 heavy (non-hydrogen) atoms. The topological polar surface area (TPSA) is 51.4 Å². The van der Waals surface area contributed by atoms with E-state index in [0.29, 0.717) is 18.0 Å². The molecule has 2 aliphatic rings. The van der Waals surface area contributed by atoms with Gasteiger partial charge in [-0.25, -0.2) is 0 Å². The van der Waals surface area contributed by atoms with Gasteiger partial charge in [-0.05, 0) is 32.2 Å². The third-order valence-corrected chi connectivity index (χ3v) is 3.80. The van der Waals surface area contributed by atoms with Crippen LogP contribution in [0.1, 0.15) is 43.4 Å². The van der Waals surface area contributed by atoms with Gasteiger partial charge in [0.15, 0.2) is 5.82 Å². The fourth-order valence-corrected chi connectivity index (χ4v) is 2.97. The number of aryl methyl sites for hydroxylation is 1. The molecule has 94 valence electrons. The largest absolute Gasteiger partial charge is 0.381 e. The van der Waals surface area contributed by atoms with E-state index in [-0.39, 0.29) is 0 Å². The van der Waals surface area contributed by atoms with E-state index in [0.717, 1.165) is 44.8 Å². The molecule has 1 aromatic rings. The van der Waals surface area contributed by atoms with Crippen LogP contribution in [-0.4, -0.2) is 40.8 Å². The molecule has 2 fully saturated rings. The molecule has 2 aliphatic heterocycles. The van der Waals surface area contributed by atoms with E-state index < -0.39 is 0 Å². The van der Waals surface area contributed by atoms with Crippen molar-refractivity contribution >= 4 is 0 Å². The van der Waals surface area contributed by atoms with Gasteiger partial charge in [-0.2, -0.15) is 4.98 Å². The molecule has 5 nitrogen and oxygen atoms in total. The predicted molar refractivity (Wildman–Crippen MR) is 61.6 cm³/mol. The van der Waals surface area contributed by atoms with Gasteiger partial charge in [-0.1, -0.05) is 5.16 Å². The van der Waals surface area contributed by atoms with E-state index in [1.54, 1.807) is 0 Å². The van der Waals surface area contributed by atoms with E-state index in [2.05, 4.69) is 15.0 Å². The smallest absolute Gasteiger partial charge is 0.223 e. The van der Waals surface area contributed by atoms with Gasteiger partial charge in [0.05, 0.1) is 6.04 Å². The summed E-state index contributed by atoms with van der Waals surface area (Å²) in [5.41, 5.74) is 0. The van der Waals surface area contributed by atoms with Gasteiger partial charge in [-0.3, -0.25) is 4.90 Å². The molecule has 3 rings (SSSR count). The molecule has 0 unspecified atom stereocenters. The van der Waals surface area contributed by atoms with Crippen molar-refractivity contribution in [2.75, 3.05) is 19.8 Å². The lowest BCUT2D eigenvalue weighted by atomic mass is 10.1. The molecule has 5 heteroatoms. The van der Waals surface area contributed by atoms with Crippen LogP contribution < -0.4 is 0 Å². The maximum atomic E-state index is 5.43. The predicted octanol–water partition coefficient (Wildman–Crippen LogP) is 1.69. The van der Waals surface area contributed by atoms with Crippen molar-refractivity contribution in [1.29, 1.82) is 0 Å². The monoisotopic (exact) mass is 237 g/mol. The van der Waals surface area contributed by atoms with E-state index in [9.17, 15) is 0 Å². The summed E-state index contributed by atoms with van der Waals surface area (Å²) in [4.78, 5) is 6.94. The first-order valence-corrected chi connectivity index (χ1v) is 6.48. The minimum atomic E-state index is 0.357. The van der Waals surface area contributed by atoms with Crippen LogP contribution in [0.3, 0.4) is 0 Å². The second kappa shape index (κ2) is 4.74. The summed E-state index contributed by atoms with van der Waals surface area (Å²) in [6.45, 7) is 4.78. The quantitative estimate of drug-likeness (QED) is 0.783. The van der Waals surface area contributed by atoms with Crippen molar-refractivity contribution in [1.82, 2.24) is 15.0 Å². The minimum absolute atomic E-state index is 0.357. The van der Waals surface area contributed by atoms with Crippen molar-refractivity contribution in [3.63, 3.8) is 0 Å². The van der Waals surface area contributed by atoms with Gasteiger partial charge in [0.25, 0.3) is 0 Å². The van der Waals surface area contributed by atoms with E-state index in [1.165, 1.54) is 6.42 Å². The van der Waals surface area contributed by atoms with Crippen molar-refractivity contribution in [3.8, 4) is 0 Å². The number of rotatable bonds is 2. The van der Waals surface area contributed by atoms with Crippen molar-refractivity contribution in [3.05, 3.63) is 11.7 Å². The molecule has 0 amide bonds. The lowest BCUT2D eigenvalue weighted by molar-refractivity contribution is 0.0276. The van der Waals surface area contributed by atoms with Crippen molar-refractivity contribution in [2.45, 2.75) is 44.7 Å². The average Bonchev–Trinajstić information content (AvgIpc) is 2.98. The first-order valence-electron chi connectivity index (χ1n) is 6.48. The summed E-state index contributed by atoms with van der Waals surface area (Å²) < 4.78 is 10.5. The van der Waals surface area contributed by atoms with Gasteiger partial charge in [0.1, 0.15) is 0 Å². The Kier molecular flexibility index (Phi) is 3.11. The van der Waals surface area contributed by atoms with Gasteiger partial charge in [0.2, 0.25) is 5.89 Å². The normalized spacial score (nSPS) is 27.7. The van der Waals surface area contributed by atoms with Crippen LogP contribution in [0.5, 0.6) is 0 Å². The van der Waals surface area contributed by atoms with Crippen LogP contribution >= 0.6 is 0 Å². The molecule has 2 saturated heterocycles. The molecule has 0 N–H and O–H groups in total. The number of hydrogen-bond acceptors (Lipinski definition) is 5. The Bertz CT molecular complexity index is 374. The highest BCUT2D eigenvalue weighted by Crippen LogP contribution is 2.34. The summed E-state index contributed by atoms with van der Waals surface area (Å²) in [7, 11) is 0. The third kappa shape index (κ3) is 2.21. The highest BCUT2D eigenvalue weighted by Gasteiger charge is 2.35. The third-order valence-electron chi connectivity index (χ3n) is 3.80. The molecule has 0 aliphatic carbocycles. The zero-order valence-corrected chi connectivity index (χ0v) is 10.3. The molecule has 0 spiro atoms. The fraction of sp³-hybridized carbons (Fsp3) is 0.833. The first kappa shape index (κ1) is 11.2. The average molecular weight is 237 g/mol. The van der Waals surface area contributed by atoms with Crippen LogP contribution in [-0.2, 0) is 4.74 Å². The first-order chi connectivity index (χ1) is 8.34. The summed E-state index contributed by atoms with van der Waals surface area (Å²) in [6.07, 6.45) is 4.65. The molecular weight excluding hydrogens is 218 g/mol. The number of ether oxygens (including phenoxy) is 1. The highest BCUT2D eigenvalue weighted by molar-refractivity contribution is 4.99. The van der Waals surface area contributed by atoms with E-state index in [4.69, 9.17) is 9.26 Å². The maximum Gasteiger partial charge on any atom is 0.223 e. The molecule has 0 aromatic carbocycles. The Morgan fingerprint density at radius 1 is 1.24 bits per heavy atom. The summed E-state index contributed by atoms with van der Waals surface area (Å²) in [6, 6.07) is 0.991. The SMILES string of the molecule is Cc1nc([C@H]2CCCN2C2CCOCC2)no1. The Balaban J connectivity index is 1.74. The maximum absolute atomic E-state index is 5.43. The molecule has 0 bridgehead atoms. The molecule has 1 aromatic heterocycles. The number of aromatic nitrogens is 2. The van der Waals surface area contributed by atoms with Crippen LogP contribution in [0.4, 0.5) is 0 Å². The summed E-state index contributed by atoms with van der Waals surface area (Å²) >= 11 is 0. The number of nitrogens with zero attached hydrogens (tertiary/aromatic N) is 3. The van der Waals surface area contributed by atoms with Gasteiger partial charge in [-0.15, -0.1) is 0 Å². The summed E-state index contributed by atoms with van der Waals surface area (Å²) in [5, 5.41) is 4.08. The lowest BCUT2D eigenvalue weighted by Crippen LogP contribution is -2.39. The lowest BCUT2D eigenvalue weighted by Gasteiger charge is -2.34. The van der Waals surface area contributed by atoms with Crippen molar-refractivity contribution in [2.24, 2.45) is 0 Å². The van der Waals surface area contributed by atoms with Gasteiger partial charge in [0, 0.05) is 26.2 Å². The second-order valence-electron chi connectivity index (χ2n) is 4.91. The van der Waals surface area contributed by atoms with E-state index >= 15 is 0 Å². The number of likely N-dealkylation sites (tertiary alicyclic amines) is 1.